The standard InChI is InChI=1S/C25H41NO9S/c1-20(35-36(4,28)29)25(33-19-32-16-15-30-2)23-17-22(13-9-6-10-14-24(27)31-3)26(34-23)18-21-11-7-5-8-12-21/h5,7-8,11-12,20,22-23,25H,6,9-10,13-19H2,1-4H3/t20-,22-,23+,25-/m1/s1. The summed E-state index contributed by atoms with van der Waals surface area (Å²) in [5.41, 5.74) is 1.11. The van der Waals surface area contributed by atoms with Gasteiger partial charge in [0.05, 0.1) is 26.6 Å². The number of hydrogen-bond acceptors (Lipinski definition) is 10. The van der Waals surface area contributed by atoms with Gasteiger partial charge in [-0.1, -0.05) is 43.2 Å². The van der Waals surface area contributed by atoms with Crippen LogP contribution in [-0.4, -0.2) is 84.3 Å². The number of carbonyl (C=O) groups excluding carboxylic acids is 1. The van der Waals surface area contributed by atoms with E-state index in [0.717, 1.165) is 37.5 Å². The molecule has 1 heterocycles. The van der Waals surface area contributed by atoms with Crippen LogP contribution in [0.4, 0.5) is 0 Å². The number of unbranched alkanes of at least 4 members (excludes halogenated alkanes) is 2. The fraction of sp³-hybridized carbons (Fsp3) is 0.720. The fourth-order valence-corrected chi connectivity index (χ4v) is 4.87. The third-order valence-corrected chi connectivity index (χ3v) is 6.59. The molecule has 1 aliphatic heterocycles. The highest BCUT2D eigenvalue weighted by atomic mass is 32.2. The third-order valence-electron chi connectivity index (χ3n) is 5.94. The molecule has 0 bridgehead atoms. The van der Waals surface area contributed by atoms with Crippen molar-refractivity contribution in [3.8, 4) is 0 Å². The van der Waals surface area contributed by atoms with E-state index in [1.807, 2.05) is 35.4 Å². The topological polar surface area (TPSA) is 110 Å². The molecule has 1 saturated heterocycles. The number of esters is 1. The Bertz CT molecular complexity index is 852. The molecule has 36 heavy (non-hydrogen) atoms. The Morgan fingerprint density at radius 3 is 2.56 bits per heavy atom. The van der Waals surface area contributed by atoms with E-state index < -0.39 is 28.4 Å². The van der Waals surface area contributed by atoms with Crippen LogP contribution in [0, 0.1) is 0 Å². The second kappa shape index (κ2) is 16.3. The van der Waals surface area contributed by atoms with Crippen molar-refractivity contribution in [2.75, 3.05) is 40.5 Å². The van der Waals surface area contributed by atoms with Crippen LogP contribution in [0.3, 0.4) is 0 Å². The maximum atomic E-state index is 11.8. The largest absolute Gasteiger partial charge is 0.469 e. The van der Waals surface area contributed by atoms with Gasteiger partial charge in [0.1, 0.15) is 25.1 Å². The highest BCUT2D eigenvalue weighted by Crippen LogP contribution is 2.32. The Labute approximate surface area is 215 Å². The summed E-state index contributed by atoms with van der Waals surface area (Å²) in [5, 5.41) is 1.95. The average molecular weight is 532 g/mol. The van der Waals surface area contributed by atoms with Crippen LogP contribution < -0.4 is 0 Å². The number of rotatable bonds is 18. The number of hydrogen-bond donors (Lipinski definition) is 0. The van der Waals surface area contributed by atoms with Gasteiger partial charge in [0, 0.05) is 26.1 Å². The Balaban J connectivity index is 2.07. The molecular weight excluding hydrogens is 490 g/mol. The summed E-state index contributed by atoms with van der Waals surface area (Å²) in [6.45, 7) is 2.98. The molecule has 4 atom stereocenters. The molecule has 0 saturated carbocycles. The Morgan fingerprint density at radius 2 is 1.89 bits per heavy atom. The summed E-state index contributed by atoms with van der Waals surface area (Å²) in [4.78, 5) is 17.7. The Morgan fingerprint density at radius 1 is 1.14 bits per heavy atom. The zero-order valence-electron chi connectivity index (χ0n) is 21.8. The molecule has 1 fully saturated rings. The van der Waals surface area contributed by atoms with Gasteiger partial charge >= 0.3 is 5.97 Å². The lowest BCUT2D eigenvalue weighted by molar-refractivity contribution is -0.223. The Hall–Kier alpha value is -1.60. The normalized spacial score (nSPS) is 20.3. The summed E-state index contributed by atoms with van der Waals surface area (Å²) >= 11 is 0. The first-order valence-corrected chi connectivity index (χ1v) is 14.2. The zero-order valence-corrected chi connectivity index (χ0v) is 22.6. The van der Waals surface area contributed by atoms with E-state index in [9.17, 15) is 13.2 Å². The van der Waals surface area contributed by atoms with Gasteiger partial charge in [0.15, 0.2) is 0 Å². The fourth-order valence-electron chi connectivity index (χ4n) is 4.21. The molecule has 0 spiro atoms. The van der Waals surface area contributed by atoms with Gasteiger partial charge in [-0.2, -0.15) is 13.5 Å². The minimum Gasteiger partial charge on any atom is -0.469 e. The Kier molecular flexibility index (Phi) is 13.9. The molecule has 0 aliphatic carbocycles. The second-order valence-corrected chi connectivity index (χ2v) is 10.5. The molecular formula is C25H41NO9S. The van der Waals surface area contributed by atoms with E-state index in [-0.39, 0.29) is 18.8 Å². The maximum Gasteiger partial charge on any atom is 0.305 e. The van der Waals surface area contributed by atoms with Crippen LogP contribution >= 0.6 is 0 Å². The van der Waals surface area contributed by atoms with Gasteiger partial charge in [-0.25, -0.2) is 0 Å². The molecule has 0 unspecified atom stereocenters. The van der Waals surface area contributed by atoms with Gasteiger partial charge in [0.25, 0.3) is 10.1 Å². The van der Waals surface area contributed by atoms with Crippen LogP contribution in [-0.2, 0) is 49.4 Å². The quantitative estimate of drug-likeness (QED) is 0.121. The minimum atomic E-state index is -3.69. The number of hydroxylamine groups is 2. The number of carbonyl (C=O) groups is 1. The molecule has 11 heteroatoms. The number of benzene rings is 1. The first kappa shape index (κ1) is 30.6. The van der Waals surface area contributed by atoms with E-state index in [1.54, 1.807) is 14.0 Å². The predicted octanol–water partition coefficient (Wildman–Crippen LogP) is 3.06. The van der Waals surface area contributed by atoms with Gasteiger partial charge in [-0.15, -0.1) is 0 Å². The van der Waals surface area contributed by atoms with E-state index in [2.05, 4.69) is 0 Å². The van der Waals surface area contributed by atoms with E-state index in [1.165, 1.54) is 7.11 Å². The molecule has 0 N–H and O–H groups in total. The summed E-state index contributed by atoms with van der Waals surface area (Å²) in [6.07, 6.45) is 3.67. The highest BCUT2D eigenvalue weighted by molar-refractivity contribution is 7.86. The molecule has 1 aliphatic rings. The van der Waals surface area contributed by atoms with E-state index >= 15 is 0 Å². The molecule has 2 rings (SSSR count). The van der Waals surface area contributed by atoms with Gasteiger partial charge in [0.2, 0.25) is 0 Å². The van der Waals surface area contributed by atoms with Crippen LogP contribution in [0.2, 0.25) is 0 Å². The van der Waals surface area contributed by atoms with Crippen molar-refractivity contribution in [1.82, 2.24) is 5.06 Å². The third kappa shape index (κ3) is 11.6. The summed E-state index contributed by atoms with van der Waals surface area (Å²) < 4.78 is 50.0. The van der Waals surface area contributed by atoms with Crippen molar-refractivity contribution < 1.29 is 41.2 Å². The van der Waals surface area contributed by atoms with Gasteiger partial charge < -0.3 is 18.9 Å². The zero-order chi connectivity index (χ0) is 26.4. The molecule has 1 aromatic carbocycles. The average Bonchev–Trinajstić information content (AvgIpc) is 3.22. The van der Waals surface area contributed by atoms with Crippen molar-refractivity contribution in [1.29, 1.82) is 0 Å². The lowest BCUT2D eigenvalue weighted by Gasteiger charge is -2.28. The molecule has 1 aromatic rings. The minimum absolute atomic E-state index is 0.0395. The molecule has 0 radical (unpaired) electrons. The van der Waals surface area contributed by atoms with E-state index in [0.29, 0.717) is 32.6 Å². The highest BCUT2D eigenvalue weighted by Gasteiger charge is 2.41. The van der Waals surface area contributed by atoms with Crippen molar-refractivity contribution >= 4 is 16.1 Å². The van der Waals surface area contributed by atoms with Crippen LogP contribution in [0.25, 0.3) is 0 Å². The van der Waals surface area contributed by atoms with Crippen molar-refractivity contribution in [2.45, 2.75) is 76.3 Å². The number of nitrogens with zero attached hydrogens (tertiary/aromatic N) is 1. The summed E-state index contributed by atoms with van der Waals surface area (Å²) in [5.74, 6) is -0.197. The molecule has 10 nitrogen and oxygen atoms in total. The van der Waals surface area contributed by atoms with Crippen LogP contribution in [0.5, 0.6) is 0 Å². The van der Waals surface area contributed by atoms with Gasteiger partial charge in [-0.3, -0.25) is 13.8 Å². The molecule has 0 aromatic heterocycles. The molecule has 206 valence electrons. The monoisotopic (exact) mass is 531 g/mol. The SMILES string of the molecule is COCCOCO[C@@H]([C@@H]1C[C@@H](CCCCCC(=O)OC)N(Cc2ccccc2)O1)[C@@H](C)OS(C)(=O)=O. The smallest absolute Gasteiger partial charge is 0.305 e. The number of ether oxygens (including phenoxy) is 4. The van der Waals surface area contributed by atoms with Crippen molar-refractivity contribution in [3.63, 3.8) is 0 Å². The first-order chi connectivity index (χ1) is 17.2. The predicted molar refractivity (Wildman–Crippen MR) is 133 cm³/mol. The van der Waals surface area contributed by atoms with Crippen molar-refractivity contribution in [3.05, 3.63) is 35.9 Å². The molecule has 0 amide bonds. The second-order valence-electron chi connectivity index (χ2n) is 8.93. The summed E-state index contributed by atoms with van der Waals surface area (Å²) in [6, 6.07) is 10.1. The van der Waals surface area contributed by atoms with Gasteiger partial charge in [-0.05, 0) is 31.7 Å². The maximum absolute atomic E-state index is 11.8. The lowest BCUT2D eigenvalue weighted by atomic mass is 9.98. The number of methoxy groups -OCH3 is 2. The van der Waals surface area contributed by atoms with E-state index in [4.69, 9.17) is 28.0 Å². The first-order valence-electron chi connectivity index (χ1n) is 12.3. The van der Waals surface area contributed by atoms with Crippen LogP contribution in [0.1, 0.15) is 51.0 Å². The van der Waals surface area contributed by atoms with Crippen LogP contribution in [0.15, 0.2) is 30.3 Å². The van der Waals surface area contributed by atoms with Crippen molar-refractivity contribution in [2.24, 2.45) is 0 Å². The summed E-state index contributed by atoms with van der Waals surface area (Å²) in [7, 11) is -0.710. The lowest BCUT2D eigenvalue weighted by Crippen LogP contribution is -2.41.